The molecule has 0 bridgehead atoms. The maximum absolute atomic E-state index is 12.4. The van der Waals surface area contributed by atoms with E-state index in [1.54, 1.807) is 31.5 Å². The summed E-state index contributed by atoms with van der Waals surface area (Å²) in [6.45, 7) is 0. The fourth-order valence-corrected chi connectivity index (χ4v) is 4.02. The van der Waals surface area contributed by atoms with E-state index in [2.05, 4.69) is 10.4 Å². The number of hydrogen-bond acceptors (Lipinski definition) is 7. The van der Waals surface area contributed by atoms with Crippen molar-refractivity contribution in [2.45, 2.75) is 0 Å². The van der Waals surface area contributed by atoms with E-state index in [1.165, 1.54) is 12.1 Å². The van der Waals surface area contributed by atoms with Gasteiger partial charge < -0.3 is 14.9 Å². The van der Waals surface area contributed by atoms with Gasteiger partial charge in [0.25, 0.3) is 5.91 Å². The van der Waals surface area contributed by atoms with Crippen LogP contribution in [0.2, 0.25) is 0 Å². The van der Waals surface area contributed by atoms with Crippen molar-refractivity contribution in [1.82, 2.24) is 4.68 Å². The maximum atomic E-state index is 12.4. The number of nitrogens with one attached hydrogen (secondary N) is 1. The van der Waals surface area contributed by atoms with Crippen molar-refractivity contribution in [2.24, 2.45) is 4.99 Å². The van der Waals surface area contributed by atoms with Crippen LogP contribution in [0.15, 0.2) is 47.5 Å². The van der Waals surface area contributed by atoms with Gasteiger partial charge in [-0.3, -0.25) is 15.2 Å². The Morgan fingerprint density at radius 2 is 2.10 bits per heavy atom. The van der Waals surface area contributed by atoms with Crippen LogP contribution in [0.4, 0.5) is 5.69 Å². The Kier molecular flexibility index (Phi) is 4.91. The first-order valence-electron chi connectivity index (χ1n) is 8.45. The highest BCUT2D eigenvalue weighted by Crippen LogP contribution is 2.37. The van der Waals surface area contributed by atoms with Gasteiger partial charge in [-0.05, 0) is 48.6 Å². The number of phenols is 1. The van der Waals surface area contributed by atoms with Gasteiger partial charge in [-0.15, -0.1) is 0 Å². The maximum Gasteiger partial charge on any atom is 0.270 e. The second-order valence-electron chi connectivity index (χ2n) is 6.12. The minimum atomic E-state index is -0.510. The molecule has 9 heteroatoms. The summed E-state index contributed by atoms with van der Waals surface area (Å²) in [6, 6.07) is 11.4. The number of phenolic OH excluding ortho intramolecular Hbond substituents is 1. The molecule has 1 aliphatic heterocycles. The van der Waals surface area contributed by atoms with Crippen LogP contribution in [0.5, 0.6) is 17.4 Å². The molecule has 3 N–H and O–H groups in total. The number of allylic oxidation sites excluding steroid dienone is 1. The summed E-state index contributed by atoms with van der Waals surface area (Å²) in [7, 11) is 1.59. The predicted molar refractivity (Wildman–Crippen MR) is 116 cm³/mol. The molecule has 0 spiro atoms. The zero-order chi connectivity index (χ0) is 20.5. The number of rotatable bonds is 4. The van der Waals surface area contributed by atoms with Crippen molar-refractivity contribution in [3.63, 3.8) is 0 Å². The molecule has 29 heavy (non-hydrogen) atoms. The third kappa shape index (κ3) is 3.65. The van der Waals surface area contributed by atoms with Gasteiger partial charge in [-0.2, -0.15) is 4.68 Å². The Bertz CT molecular complexity index is 1240. The van der Waals surface area contributed by atoms with E-state index in [0.717, 1.165) is 32.8 Å². The van der Waals surface area contributed by atoms with Crippen LogP contribution >= 0.6 is 23.6 Å². The molecule has 0 radical (unpaired) electrons. The number of carbonyl (C=O) groups is 1. The summed E-state index contributed by atoms with van der Waals surface area (Å²) in [4.78, 5) is 17.3. The van der Waals surface area contributed by atoms with Crippen LogP contribution in [-0.2, 0) is 0 Å². The highest BCUT2D eigenvalue weighted by atomic mass is 32.1. The highest BCUT2D eigenvalue weighted by molar-refractivity contribution is 7.73. The summed E-state index contributed by atoms with van der Waals surface area (Å²) in [5, 5.41) is 20.1. The number of aliphatic imine (C=N–C) groups is 1. The number of thiazole rings is 1. The van der Waals surface area contributed by atoms with Crippen LogP contribution in [0, 0.1) is 3.95 Å². The number of carbonyl (C=O) groups excluding carboxylic acids is 1. The van der Waals surface area contributed by atoms with Crippen LogP contribution in [0.3, 0.4) is 0 Å². The molecule has 3 aromatic rings. The molecule has 0 aliphatic carbocycles. The topological polar surface area (TPSA) is 96.1 Å². The smallest absolute Gasteiger partial charge is 0.270 e. The number of aromatic nitrogens is 1. The van der Waals surface area contributed by atoms with Gasteiger partial charge in [-0.1, -0.05) is 17.4 Å². The van der Waals surface area contributed by atoms with Gasteiger partial charge in [-0.25, -0.2) is 0 Å². The van der Waals surface area contributed by atoms with E-state index in [1.807, 2.05) is 18.2 Å². The number of fused-ring (bicyclic) bond motifs is 1. The lowest BCUT2D eigenvalue weighted by Gasteiger charge is -2.07. The molecule has 0 saturated carbocycles. The molecule has 1 aliphatic rings. The zero-order valence-corrected chi connectivity index (χ0v) is 16.8. The first-order chi connectivity index (χ1) is 14.0. The third-order valence-corrected chi connectivity index (χ3v) is 5.59. The number of hydrogen-bond donors (Lipinski definition) is 3. The predicted octanol–water partition coefficient (Wildman–Crippen LogP) is 4.34. The second kappa shape index (κ2) is 7.53. The Labute approximate surface area is 174 Å². The summed E-state index contributed by atoms with van der Waals surface area (Å²) in [5.74, 6) is -0.0148. The molecule has 2 aromatic carbocycles. The summed E-state index contributed by atoms with van der Waals surface area (Å²) >= 11 is 6.44. The van der Waals surface area contributed by atoms with Crippen molar-refractivity contribution in [1.29, 1.82) is 0 Å². The number of ether oxygens (including phenoxy) is 1. The van der Waals surface area contributed by atoms with Crippen LogP contribution in [-0.4, -0.2) is 34.1 Å². The molecule has 146 valence electrons. The van der Waals surface area contributed by atoms with Gasteiger partial charge in [0.15, 0.2) is 3.95 Å². The molecule has 7 nitrogen and oxygen atoms in total. The lowest BCUT2D eigenvalue weighted by molar-refractivity contribution is 0.100. The summed E-state index contributed by atoms with van der Waals surface area (Å²) < 4.78 is 6.62. The largest absolute Gasteiger partial charge is 0.508 e. The molecule has 0 atom stereocenters. The summed E-state index contributed by atoms with van der Waals surface area (Å²) in [5.41, 5.74) is 5.27. The van der Waals surface area contributed by atoms with Crippen LogP contribution in [0.1, 0.15) is 20.8 Å². The van der Waals surface area contributed by atoms with Crippen molar-refractivity contribution < 1.29 is 19.7 Å². The summed E-state index contributed by atoms with van der Waals surface area (Å²) in [6.07, 6.45) is 3.45. The zero-order valence-electron chi connectivity index (χ0n) is 15.1. The minimum Gasteiger partial charge on any atom is -0.508 e. The first-order valence-corrected chi connectivity index (χ1v) is 9.68. The molecule has 0 unspecified atom stereocenters. The number of aromatic hydroxyl groups is 2. The Hall–Kier alpha value is -3.43. The van der Waals surface area contributed by atoms with Crippen LogP contribution in [0.25, 0.3) is 11.6 Å². The molecule has 0 fully saturated rings. The Balaban J connectivity index is 1.64. The molecular weight excluding hydrogens is 410 g/mol. The molecule has 2 heterocycles. The van der Waals surface area contributed by atoms with Crippen molar-refractivity contribution in [2.75, 3.05) is 12.5 Å². The van der Waals surface area contributed by atoms with Gasteiger partial charge in [0, 0.05) is 29.0 Å². The fraction of sp³-hybridized carbons (Fsp3) is 0.0500. The molecule has 1 aromatic heterocycles. The van der Waals surface area contributed by atoms with Gasteiger partial charge >= 0.3 is 0 Å². The van der Waals surface area contributed by atoms with Gasteiger partial charge in [0.1, 0.15) is 11.5 Å². The minimum absolute atomic E-state index is 0.0305. The van der Waals surface area contributed by atoms with E-state index in [-0.39, 0.29) is 21.1 Å². The Morgan fingerprint density at radius 3 is 2.86 bits per heavy atom. The first kappa shape index (κ1) is 18.9. The average Bonchev–Trinajstić information content (AvgIpc) is 3.23. The molecule has 1 amide bonds. The normalized spacial score (nSPS) is 13.5. The lowest BCUT2D eigenvalue weighted by Crippen LogP contribution is -2.22. The monoisotopic (exact) mass is 425 g/mol. The second-order valence-corrected chi connectivity index (χ2v) is 7.80. The SMILES string of the molecule is COc1ccc2c(c1)N=C/C2=C\c1sc(=S)n(NC(=O)c2cccc(O)c2)c1O. The number of amides is 1. The molecular formula is C20H15N3O4S2. The van der Waals surface area contributed by atoms with Gasteiger partial charge in [0.05, 0.1) is 17.7 Å². The Morgan fingerprint density at radius 1 is 1.28 bits per heavy atom. The average molecular weight is 425 g/mol. The van der Waals surface area contributed by atoms with E-state index < -0.39 is 5.91 Å². The quantitative estimate of drug-likeness (QED) is 0.541. The van der Waals surface area contributed by atoms with E-state index in [0.29, 0.717) is 10.6 Å². The third-order valence-electron chi connectivity index (χ3n) is 4.28. The van der Waals surface area contributed by atoms with Crippen molar-refractivity contribution in [3.8, 4) is 17.4 Å². The fourth-order valence-electron chi connectivity index (χ4n) is 2.84. The van der Waals surface area contributed by atoms with E-state index >= 15 is 0 Å². The number of nitrogens with zero attached hydrogens (tertiary/aromatic N) is 2. The van der Waals surface area contributed by atoms with E-state index in [9.17, 15) is 15.0 Å². The van der Waals surface area contributed by atoms with Crippen LogP contribution < -0.4 is 10.2 Å². The molecule has 0 saturated heterocycles. The van der Waals surface area contributed by atoms with Gasteiger partial charge in [0.2, 0.25) is 5.88 Å². The standard InChI is InChI=1S/C20H15N3O4S2/c1-27-14-5-6-15-12(10-21-16(15)9-14)8-17-19(26)23(20(28)29-17)22-18(25)11-3-2-4-13(24)7-11/h2-10,24,26H,1H3,(H,22,25)/b12-8+. The number of methoxy groups -OCH3 is 1. The van der Waals surface area contributed by atoms with Crippen molar-refractivity contribution >= 4 is 53.0 Å². The lowest BCUT2D eigenvalue weighted by atomic mass is 10.1. The number of benzene rings is 2. The molecule has 4 rings (SSSR count). The highest BCUT2D eigenvalue weighted by Gasteiger charge is 2.18. The van der Waals surface area contributed by atoms with E-state index in [4.69, 9.17) is 17.0 Å². The van der Waals surface area contributed by atoms with Crippen molar-refractivity contribution in [3.05, 3.63) is 62.4 Å².